The molecule has 0 saturated carbocycles. The van der Waals surface area contributed by atoms with E-state index in [4.69, 9.17) is 0 Å². The number of hydrogen-bond acceptors (Lipinski definition) is 1. The van der Waals surface area contributed by atoms with E-state index in [2.05, 4.69) is 101 Å². The summed E-state index contributed by atoms with van der Waals surface area (Å²) in [6, 6.07) is 37.9. The Bertz CT molecular complexity index is 1620. The molecule has 2 aliphatic rings. The van der Waals surface area contributed by atoms with Gasteiger partial charge in [0.1, 0.15) is 5.60 Å². The lowest BCUT2D eigenvalue weighted by atomic mass is 9.79. The smallest absolute Gasteiger partial charge is 0.142 e. The molecule has 1 N–H and O–H groups in total. The van der Waals surface area contributed by atoms with Crippen molar-refractivity contribution >= 4 is 15.9 Å². The molecule has 2 aliphatic carbocycles. The largest absolute Gasteiger partial charge is 0.376 e. The zero-order valence-electron chi connectivity index (χ0n) is 18.4. The number of benzene rings is 5. The Balaban J connectivity index is 1.51. The van der Waals surface area contributed by atoms with E-state index < -0.39 is 5.60 Å². The molecule has 0 saturated heterocycles. The van der Waals surface area contributed by atoms with Crippen molar-refractivity contribution < 1.29 is 5.11 Å². The molecule has 0 aliphatic heterocycles. The Hall–Kier alpha value is -3.46. The Morgan fingerprint density at radius 1 is 0.529 bits per heavy atom. The quantitative estimate of drug-likeness (QED) is 0.255. The van der Waals surface area contributed by atoms with Crippen molar-refractivity contribution in [2.24, 2.45) is 0 Å². The second-order valence-corrected chi connectivity index (χ2v) is 9.98. The second-order valence-electron chi connectivity index (χ2n) is 9.13. The molecule has 0 aromatic heterocycles. The van der Waals surface area contributed by atoms with E-state index in [0.717, 1.165) is 44.3 Å². The van der Waals surface area contributed by atoms with Crippen LogP contribution in [0.5, 0.6) is 0 Å². The van der Waals surface area contributed by atoms with Crippen LogP contribution in [0, 0.1) is 0 Å². The van der Waals surface area contributed by atoms with Crippen molar-refractivity contribution in [3.05, 3.63) is 141 Å². The number of hydrogen-bond donors (Lipinski definition) is 1. The molecule has 0 heterocycles. The van der Waals surface area contributed by atoms with Gasteiger partial charge in [-0.05, 0) is 51.4 Å². The minimum atomic E-state index is -1.24. The van der Waals surface area contributed by atoms with E-state index in [-0.39, 0.29) is 0 Å². The first-order valence-corrected chi connectivity index (χ1v) is 12.4. The predicted molar refractivity (Wildman–Crippen MR) is 142 cm³/mol. The Labute approximate surface area is 207 Å². The SMILES string of the molecule is OC1(c2ccccc2-c2cccc3c2Cc2ccccc2-3)c2ccccc2-c2c(Br)cccc21. The van der Waals surface area contributed by atoms with E-state index in [1.165, 1.54) is 27.8 Å². The molecule has 0 spiro atoms. The lowest BCUT2D eigenvalue weighted by Gasteiger charge is -2.29. The monoisotopic (exact) mass is 500 g/mol. The van der Waals surface area contributed by atoms with Gasteiger partial charge in [-0.1, -0.05) is 119 Å². The van der Waals surface area contributed by atoms with Gasteiger partial charge in [-0.25, -0.2) is 0 Å². The van der Waals surface area contributed by atoms with Crippen LogP contribution in [0.25, 0.3) is 33.4 Å². The Morgan fingerprint density at radius 3 is 1.85 bits per heavy atom. The van der Waals surface area contributed by atoms with Crippen molar-refractivity contribution in [2.45, 2.75) is 12.0 Å². The van der Waals surface area contributed by atoms with Gasteiger partial charge in [0, 0.05) is 26.7 Å². The van der Waals surface area contributed by atoms with Crippen LogP contribution in [-0.2, 0) is 12.0 Å². The van der Waals surface area contributed by atoms with Crippen molar-refractivity contribution in [1.82, 2.24) is 0 Å². The zero-order chi connectivity index (χ0) is 22.9. The fraction of sp³-hybridized carbons (Fsp3) is 0.0625. The summed E-state index contributed by atoms with van der Waals surface area (Å²) < 4.78 is 1.00. The summed E-state index contributed by atoms with van der Waals surface area (Å²) in [5, 5.41) is 12.6. The third kappa shape index (κ3) is 2.58. The van der Waals surface area contributed by atoms with Crippen molar-refractivity contribution in [3.63, 3.8) is 0 Å². The van der Waals surface area contributed by atoms with Gasteiger partial charge < -0.3 is 5.11 Å². The van der Waals surface area contributed by atoms with E-state index in [0.29, 0.717) is 0 Å². The van der Waals surface area contributed by atoms with Crippen LogP contribution in [0.2, 0.25) is 0 Å². The molecule has 1 nitrogen and oxygen atoms in total. The van der Waals surface area contributed by atoms with Crippen LogP contribution in [0.15, 0.2) is 114 Å². The molecule has 34 heavy (non-hydrogen) atoms. The van der Waals surface area contributed by atoms with Crippen molar-refractivity contribution in [3.8, 4) is 33.4 Å². The van der Waals surface area contributed by atoms with Crippen LogP contribution in [-0.4, -0.2) is 5.11 Å². The second kappa shape index (κ2) is 7.27. The van der Waals surface area contributed by atoms with Crippen molar-refractivity contribution in [2.75, 3.05) is 0 Å². The van der Waals surface area contributed by atoms with Gasteiger partial charge in [0.25, 0.3) is 0 Å². The van der Waals surface area contributed by atoms with Gasteiger partial charge >= 0.3 is 0 Å². The average Bonchev–Trinajstić information content (AvgIpc) is 3.39. The molecule has 1 unspecified atom stereocenters. The van der Waals surface area contributed by atoms with Gasteiger partial charge in [-0.15, -0.1) is 0 Å². The van der Waals surface area contributed by atoms with Gasteiger partial charge in [-0.2, -0.15) is 0 Å². The molecule has 2 heteroatoms. The van der Waals surface area contributed by atoms with Crippen LogP contribution >= 0.6 is 15.9 Å². The van der Waals surface area contributed by atoms with Gasteiger partial charge in [0.05, 0.1) is 0 Å². The minimum absolute atomic E-state index is 0.910. The highest BCUT2D eigenvalue weighted by Crippen LogP contribution is 2.55. The van der Waals surface area contributed by atoms with Crippen molar-refractivity contribution in [1.29, 1.82) is 0 Å². The summed E-state index contributed by atoms with van der Waals surface area (Å²) in [5.74, 6) is 0. The topological polar surface area (TPSA) is 20.2 Å². The summed E-state index contributed by atoms with van der Waals surface area (Å²) >= 11 is 3.75. The first-order valence-electron chi connectivity index (χ1n) is 11.6. The van der Waals surface area contributed by atoms with E-state index in [1.807, 2.05) is 24.3 Å². The fourth-order valence-electron chi connectivity index (χ4n) is 5.99. The molecule has 7 rings (SSSR count). The molecule has 0 fully saturated rings. The number of rotatable bonds is 2. The summed E-state index contributed by atoms with van der Waals surface area (Å²) in [5.41, 5.74) is 11.3. The van der Waals surface area contributed by atoms with Crippen LogP contribution in [0.4, 0.5) is 0 Å². The summed E-state index contributed by atoms with van der Waals surface area (Å²) in [7, 11) is 0. The maximum atomic E-state index is 12.6. The number of fused-ring (bicyclic) bond motifs is 6. The summed E-state index contributed by atoms with van der Waals surface area (Å²) in [6.45, 7) is 0. The molecule has 0 amide bonds. The third-order valence-corrected chi connectivity index (χ3v) is 8.11. The van der Waals surface area contributed by atoms with E-state index in [1.54, 1.807) is 0 Å². The Kier molecular flexibility index (Phi) is 4.27. The molecule has 0 radical (unpaired) electrons. The molecule has 5 aromatic rings. The average molecular weight is 501 g/mol. The highest BCUT2D eigenvalue weighted by molar-refractivity contribution is 9.10. The maximum Gasteiger partial charge on any atom is 0.142 e. The summed E-state index contributed by atoms with van der Waals surface area (Å²) in [6.07, 6.45) is 0.910. The predicted octanol–water partition coefficient (Wildman–Crippen LogP) is 7.95. The van der Waals surface area contributed by atoms with Gasteiger partial charge in [-0.3, -0.25) is 0 Å². The summed E-state index contributed by atoms with van der Waals surface area (Å²) in [4.78, 5) is 0. The minimum Gasteiger partial charge on any atom is -0.376 e. The maximum absolute atomic E-state index is 12.6. The standard InChI is InChI=1S/C32H21BrO/c33-30-18-8-17-29-31(30)25-12-4-6-16-28(25)32(29,34)27-15-5-3-11-24(27)23-14-7-13-22-21-10-2-1-9-20(21)19-26(22)23/h1-18,34H,19H2. The highest BCUT2D eigenvalue weighted by Gasteiger charge is 2.45. The number of aliphatic hydroxyl groups is 1. The first-order chi connectivity index (χ1) is 16.7. The molecule has 1 atom stereocenters. The first kappa shape index (κ1) is 20.0. The molecular formula is C32H21BrO. The van der Waals surface area contributed by atoms with Gasteiger partial charge in [0.15, 0.2) is 0 Å². The third-order valence-electron chi connectivity index (χ3n) is 7.45. The van der Waals surface area contributed by atoms with Gasteiger partial charge in [0.2, 0.25) is 0 Å². The highest BCUT2D eigenvalue weighted by atomic mass is 79.9. The van der Waals surface area contributed by atoms with Crippen LogP contribution in [0.1, 0.15) is 27.8 Å². The van der Waals surface area contributed by atoms with Crippen LogP contribution in [0.3, 0.4) is 0 Å². The Morgan fingerprint density at radius 2 is 1.06 bits per heavy atom. The van der Waals surface area contributed by atoms with E-state index in [9.17, 15) is 5.11 Å². The molecule has 162 valence electrons. The number of halogens is 1. The molecule has 5 aromatic carbocycles. The lowest BCUT2D eigenvalue weighted by Crippen LogP contribution is -2.27. The zero-order valence-corrected chi connectivity index (χ0v) is 20.0. The molecular weight excluding hydrogens is 480 g/mol. The fourth-order valence-corrected chi connectivity index (χ4v) is 6.57. The van der Waals surface area contributed by atoms with E-state index >= 15 is 0 Å². The lowest BCUT2D eigenvalue weighted by molar-refractivity contribution is 0.131. The molecule has 0 bridgehead atoms. The van der Waals surface area contributed by atoms with Crippen LogP contribution < -0.4 is 0 Å². The normalized spacial score (nSPS) is 17.1.